The molecule has 2 rings (SSSR count). The van der Waals surface area contributed by atoms with E-state index in [1.165, 1.54) is 12.5 Å². The van der Waals surface area contributed by atoms with Crippen LogP contribution in [0.15, 0.2) is 12.5 Å². The van der Waals surface area contributed by atoms with Crippen LogP contribution in [0.5, 0.6) is 0 Å². The van der Waals surface area contributed by atoms with Crippen molar-refractivity contribution in [2.45, 2.75) is 0 Å². The van der Waals surface area contributed by atoms with Crippen LogP contribution < -0.4 is 5.14 Å². The molecule has 0 unspecified atom stereocenters. The summed E-state index contributed by atoms with van der Waals surface area (Å²) in [6, 6.07) is 0. The number of nitrogens with zero attached hydrogens (tertiary/aromatic N) is 5. The van der Waals surface area contributed by atoms with Crippen molar-refractivity contribution in [2.24, 2.45) is 5.14 Å². The Bertz CT molecular complexity index is 512. The highest BCUT2D eigenvalue weighted by molar-refractivity contribution is 7.87. The summed E-state index contributed by atoms with van der Waals surface area (Å²) in [7, 11) is -3.94. The van der Waals surface area contributed by atoms with Gasteiger partial charge in [-0.25, -0.2) is 15.1 Å². The van der Waals surface area contributed by atoms with E-state index >= 15 is 0 Å². The van der Waals surface area contributed by atoms with E-state index in [0.717, 1.165) is 0 Å². The SMILES string of the molecule is NS(=O)(=O)n1nc2cncnc2n1. The average molecular weight is 200 g/mol. The van der Waals surface area contributed by atoms with Gasteiger partial charge in [-0.15, -0.1) is 10.2 Å². The van der Waals surface area contributed by atoms with Crippen LogP contribution in [0.2, 0.25) is 0 Å². The van der Waals surface area contributed by atoms with Gasteiger partial charge in [-0.2, -0.15) is 8.42 Å². The summed E-state index contributed by atoms with van der Waals surface area (Å²) in [5.41, 5.74) is 0.459. The summed E-state index contributed by atoms with van der Waals surface area (Å²) < 4.78 is 21.9. The molecule has 2 heterocycles. The van der Waals surface area contributed by atoms with Gasteiger partial charge in [-0.05, 0) is 0 Å². The minimum atomic E-state index is -3.94. The van der Waals surface area contributed by atoms with E-state index in [9.17, 15) is 8.42 Å². The van der Waals surface area contributed by atoms with E-state index in [1.807, 2.05) is 0 Å². The molecule has 0 atom stereocenters. The molecule has 68 valence electrons. The molecular weight excluding hydrogens is 196 g/mol. The zero-order chi connectivity index (χ0) is 9.47. The quantitative estimate of drug-likeness (QED) is 0.584. The second-order valence-electron chi connectivity index (χ2n) is 2.20. The molecule has 2 N–H and O–H groups in total. The third-order valence-electron chi connectivity index (χ3n) is 1.27. The molecule has 0 fully saturated rings. The molecule has 2 aromatic rings. The van der Waals surface area contributed by atoms with Crippen molar-refractivity contribution in [1.29, 1.82) is 0 Å². The third kappa shape index (κ3) is 1.34. The molecule has 9 heteroatoms. The summed E-state index contributed by atoms with van der Waals surface area (Å²) in [5, 5.41) is 11.9. The first kappa shape index (κ1) is 8.01. The van der Waals surface area contributed by atoms with Crippen LogP contribution in [-0.4, -0.2) is 32.8 Å². The number of fused-ring (bicyclic) bond motifs is 1. The molecule has 8 nitrogen and oxygen atoms in total. The zero-order valence-corrected chi connectivity index (χ0v) is 7.01. The Morgan fingerprint density at radius 2 is 2.15 bits per heavy atom. The lowest BCUT2D eigenvalue weighted by molar-refractivity contribution is 0.572. The van der Waals surface area contributed by atoms with Gasteiger partial charge in [-0.3, -0.25) is 0 Å². The predicted molar refractivity (Wildman–Crippen MR) is 41.6 cm³/mol. The smallest absolute Gasteiger partial charge is 0.242 e. The molecule has 0 aliphatic carbocycles. The molecule has 2 aromatic heterocycles. The van der Waals surface area contributed by atoms with Gasteiger partial charge in [0.2, 0.25) is 5.65 Å². The normalized spacial score (nSPS) is 12.1. The molecule has 0 saturated carbocycles. The second kappa shape index (κ2) is 2.44. The number of hydrogen-bond acceptors (Lipinski definition) is 6. The molecule has 0 saturated heterocycles. The van der Waals surface area contributed by atoms with Crippen LogP contribution in [0.3, 0.4) is 0 Å². The van der Waals surface area contributed by atoms with Gasteiger partial charge in [0.15, 0.2) is 5.52 Å². The second-order valence-corrected chi connectivity index (χ2v) is 3.56. The minimum Gasteiger partial charge on any atom is -0.242 e. The van der Waals surface area contributed by atoms with Gasteiger partial charge in [0.05, 0.1) is 6.20 Å². The lowest BCUT2D eigenvalue weighted by Gasteiger charge is -1.89. The van der Waals surface area contributed by atoms with Gasteiger partial charge in [0.1, 0.15) is 6.33 Å². The van der Waals surface area contributed by atoms with E-state index in [-0.39, 0.29) is 11.2 Å². The highest BCUT2D eigenvalue weighted by Crippen LogP contribution is 2.01. The van der Waals surface area contributed by atoms with Crippen molar-refractivity contribution in [3.63, 3.8) is 0 Å². The Kier molecular flexibility index (Phi) is 1.50. The van der Waals surface area contributed by atoms with Crippen LogP contribution in [0.25, 0.3) is 11.2 Å². The molecule has 0 bridgehead atoms. The Morgan fingerprint density at radius 1 is 1.38 bits per heavy atom. The standard InChI is InChI=1S/C4H4N6O2S/c5-13(11,12)10-8-3-1-6-2-7-4(3)9-10/h1-2H,(H2,5,11,12). The van der Waals surface area contributed by atoms with Crippen LogP contribution in [0.1, 0.15) is 0 Å². The van der Waals surface area contributed by atoms with Crippen LogP contribution in [-0.2, 0) is 10.2 Å². The molecule has 0 spiro atoms. The molecule has 0 aliphatic heterocycles. The van der Waals surface area contributed by atoms with Crippen molar-refractivity contribution >= 4 is 21.4 Å². The fourth-order valence-electron chi connectivity index (χ4n) is 0.773. The van der Waals surface area contributed by atoms with Gasteiger partial charge >= 0.3 is 10.2 Å². The Morgan fingerprint density at radius 3 is 2.77 bits per heavy atom. The first-order valence-electron chi connectivity index (χ1n) is 3.14. The van der Waals surface area contributed by atoms with Crippen molar-refractivity contribution in [3.05, 3.63) is 12.5 Å². The monoisotopic (exact) mass is 200 g/mol. The van der Waals surface area contributed by atoms with Crippen molar-refractivity contribution in [2.75, 3.05) is 0 Å². The average Bonchev–Trinajstić information content (AvgIpc) is 2.45. The topological polar surface area (TPSA) is 117 Å². The van der Waals surface area contributed by atoms with E-state index in [2.05, 4.69) is 20.2 Å². The summed E-state index contributed by atoms with van der Waals surface area (Å²) in [6.07, 6.45) is 2.58. The summed E-state index contributed by atoms with van der Waals surface area (Å²) in [4.78, 5) is 7.34. The predicted octanol–water partition coefficient (Wildman–Crippen LogP) is -1.73. The number of aromatic nitrogens is 5. The lowest BCUT2D eigenvalue weighted by Crippen LogP contribution is -2.24. The first-order chi connectivity index (χ1) is 6.07. The maximum atomic E-state index is 10.8. The van der Waals surface area contributed by atoms with Crippen molar-refractivity contribution < 1.29 is 8.42 Å². The van der Waals surface area contributed by atoms with Gasteiger partial charge in [0, 0.05) is 0 Å². The highest BCUT2D eigenvalue weighted by atomic mass is 32.2. The fraction of sp³-hybridized carbons (Fsp3) is 0. The van der Waals surface area contributed by atoms with Crippen LogP contribution in [0, 0.1) is 0 Å². The summed E-state index contributed by atoms with van der Waals surface area (Å²) >= 11 is 0. The van der Waals surface area contributed by atoms with Crippen molar-refractivity contribution in [1.82, 2.24) is 24.4 Å². The Hall–Kier alpha value is -1.61. The molecule has 0 aromatic carbocycles. The van der Waals surface area contributed by atoms with E-state index in [0.29, 0.717) is 4.20 Å². The molecule has 0 radical (unpaired) electrons. The molecule has 0 aliphatic rings. The van der Waals surface area contributed by atoms with E-state index in [1.54, 1.807) is 0 Å². The fourth-order valence-corrected chi connectivity index (χ4v) is 1.17. The largest absolute Gasteiger partial charge is 0.334 e. The van der Waals surface area contributed by atoms with Crippen molar-refractivity contribution in [3.8, 4) is 0 Å². The number of hydrogen-bond donors (Lipinski definition) is 1. The van der Waals surface area contributed by atoms with Gasteiger partial charge in [0.25, 0.3) is 0 Å². The van der Waals surface area contributed by atoms with E-state index in [4.69, 9.17) is 5.14 Å². The van der Waals surface area contributed by atoms with E-state index < -0.39 is 10.2 Å². The maximum absolute atomic E-state index is 10.8. The van der Waals surface area contributed by atoms with Crippen LogP contribution in [0.4, 0.5) is 0 Å². The lowest BCUT2D eigenvalue weighted by atomic mass is 10.6. The Labute approximate surface area is 72.6 Å². The van der Waals surface area contributed by atoms with Gasteiger partial charge in [-0.1, -0.05) is 4.20 Å². The molecular formula is C4H4N6O2S. The molecule has 13 heavy (non-hydrogen) atoms. The highest BCUT2D eigenvalue weighted by Gasteiger charge is 2.11. The summed E-state index contributed by atoms with van der Waals surface area (Å²) in [5.74, 6) is 0. The summed E-state index contributed by atoms with van der Waals surface area (Å²) in [6.45, 7) is 0. The first-order valence-corrected chi connectivity index (χ1v) is 4.64. The Balaban J connectivity index is 2.77. The maximum Gasteiger partial charge on any atom is 0.334 e. The van der Waals surface area contributed by atoms with Gasteiger partial charge < -0.3 is 0 Å². The number of nitrogens with two attached hydrogens (primary N) is 1. The minimum absolute atomic E-state index is 0.184. The van der Waals surface area contributed by atoms with Crippen LogP contribution >= 0.6 is 0 Å². The molecule has 0 amide bonds. The number of rotatable bonds is 1. The third-order valence-corrected chi connectivity index (χ3v) is 1.89. The zero-order valence-electron chi connectivity index (χ0n) is 6.19.